The van der Waals surface area contributed by atoms with Gasteiger partial charge >= 0.3 is 0 Å². The molecule has 1 N–H and O–H groups in total. The predicted octanol–water partition coefficient (Wildman–Crippen LogP) is 5.42. The summed E-state index contributed by atoms with van der Waals surface area (Å²) in [5.41, 5.74) is 2.12. The molecule has 2 aromatic rings. The monoisotopic (exact) mass is 405 g/mol. The molecular weight excluding hydrogens is 393 g/mol. The molecule has 102 valence electrons. The molecule has 0 amide bonds. The van der Waals surface area contributed by atoms with Crippen molar-refractivity contribution >= 4 is 43.2 Å². The van der Waals surface area contributed by atoms with Crippen molar-refractivity contribution in [1.82, 2.24) is 5.32 Å². The molecule has 0 aliphatic heterocycles. The van der Waals surface area contributed by atoms with Crippen molar-refractivity contribution in [2.24, 2.45) is 0 Å². The van der Waals surface area contributed by atoms with Crippen molar-refractivity contribution in [2.75, 3.05) is 6.54 Å². The summed E-state index contributed by atoms with van der Waals surface area (Å²) in [6.45, 7) is 4.97. The number of halogens is 3. The Balaban J connectivity index is 2.47. The third kappa shape index (κ3) is 3.66. The van der Waals surface area contributed by atoms with Gasteiger partial charge in [-0.05, 0) is 64.8 Å². The Morgan fingerprint density at radius 1 is 1.26 bits per heavy atom. The van der Waals surface area contributed by atoms with E-state index in [0.29, 0.717) is 0 Å². The lowest BCUT2D eigenvalue weighted by Crippen LogP contribution is -2.22. The highest BCUT2D eigenvalue weighted by Gasteiger charge is 2.18. The minimum absolute atomic E-state index is 0.0135. The summed E-state index contributed by atoms with van der Waals surface area (Å²) >= 11 is 8.56. The van der Waals surface area contributed by atoms with Crippen LogP contribution in [0.15, 0.2) is 32.5 Å². The Labute approximate surface area is 133 Å². The van der Waals surface area contributed by atoms with Gasteiger partial charge in [-0.2, -0.15) is 0 Å². The van der Waals surface area contributed by atoms with Crippen LogP contribution in [0.2, 0.25) is 0 Å². The van der Waals surface area contributed by atoms with E-state index in [1.165, 1.54) is 16.5 Å². The van der Waals surface area contributed by atoms with Gasteiger partial charge in [0.15, 0.2) is 0 Å². The van der Waals surface area contributed by atoms with Crippen LogP contribution in [0.5, 0.6) is 0 Å². The lowest BCUT2D eigenvalue weighted by atomic mass is 9.99. The molecule has 0 radical (unpaired) electrons. The van der Waals surface area contributed by atoms with E-state index in [-0.39, 0.29) is 11.9 Å². The topological polar surface area (TPSA) is 12.0 Å². The Hall–Kier alpha value is -0.230. The number of thiophene rings is 1. The van der Waals surface area contributed by atoms with Gasteiger partial charge in [0.1, 0.15) is 5.82 Å². The molecule has 1 unspecified atom stereocenters. The van der Waals surface area contributed by atoms with Crippen LogP contribution in [-0.2, 0) is 0 Å². The smallest absolute Gasteiger partial charge is 0.124 e. The first-order chi connectivity index (χ1) is 9.01. The molecule has 1 atom stereocenters. The van der Waals surface area contributed by atoms with Gasteiger partial charge in [-0.25, -0.2) is 4.39 Å². The summed E-state index contributed by atoms with van der Waals surface area (Å²) in [5.74, 6) is -0.223. The van der Waals surface area contributed by atoms with Crippen LogP contribution in [0.4, 0.5) is 4.39 Å². The first-order valence-electron chi connectivity index (χ1n) is 5.96. The number of hydrogen-bond acceptors (Lipinski definition) is 2. The second-order valence-corrected chi connectivity index (χ2v) is 7.81. The summed E-state index contributed by atoms with van der Waals surface area (Å²) in [5, 5.41) is 3.42. The third-order valence-electron chi connectivity index (χ3n) is 2.86. The maximum absolute atomic E-state index is 13.6. The van der Waals surface area contributed by atoms with Crippen molar-refractivity contribution in [3.8, 4) is 0 Å². The van der Waals surface area contributed by atoms with Gasteiger partial charge in [-0.3, -0.25) is 0 Å². The van der Waals surface area contributed by atoms with E-state index in [2.05, 4.69) is 57.1 Å². The van der Waals surface area contributed by atoms with Crippen molar-refractivity contribution < 1.29 is 4.39 Å². The van der Waals surface area contributed by atoms with Crippen molar-refractivity contribution in [1.29, 1.82) is 0 Å². The fraction of sp³-hybridized carbons (Fsp3) is 0.286. The zero-order valence-electron chi connectivity index (χ0n) is 10.6. The van der Waals surface area contributed by atoms with E-state index in [4.69, 9.17) is 0 Å². The summed E-state index contributed by atoms with van der Waals surface area (Å²) in [6.07, 6.45) is 0. The molecule has 1 aromatic heterocycles. The van der Waals surface area contributed by atoms with Gasteiger partial charge in [0.25, 0.3) is 0 Å². The van der Waals surface area contributed by atoms with Gasteiger partial charge in [0.2, 0.25) is 0 Å². The van der Waals surface area contributed by atoms with Crippen LogP contribution in [-0.4, -0.2) is 6.54 Å². The van der Waals surface area contributed by atoms with E-state index >= 15 is 0 Å². The molecule has 0 spiro atoms. The first kappa shape index (κ1) is 15.2. The fourth-order valence-electron chi connectivity index (χ4n) is 2.10. The number of aryl methyl sites for hydroxylation is 1. The third-order valence-corrected chi connectivity index (χ3v) is 4.89. The van der Waals surface area contributed by atoms with E-state index in [9.17, 15) is 4.39 Å². The van der Waals surface area contributed by atoms with Gasteiger partial charge in [0, 0.05) is 9.35 Å². The minimum atomic E-state index is -0.223. The molecule has 1 heterocycles. The van der Waals surface area contributed by atoms with Crippen LogP contribution in [0.1, 0.15) is 29.0 Å². The molecule has 0 saturated carbocycles. The Kier molecular flexibility index (Phi) is 5.17. The second kappa shape index (κ2) is 6.48. The molecule has 0 aliphatic rings. The Morgan fingerprint density at radius 2 is 2.00 bits per heavy atom. The highest BCUT2D eigenvalue weighted by molar-refractivity contribution is 9.11. The molecular formula is C14H14Br2FNS. The summed E-state index contributed by atoms with van der Waals surface area (Å²) in [6, 6.07) is 7.14. The first-order valence-corrected chi connectivity index (χ1v) is 8.36. The molecule has 5 heteroatoms. The molecule has 2 rings (SSSR count). The molecule has 19 heavy (non-hydrogen) atoms. The van der Waals surface area contributed by atoms with E-state index in [0.717, 1.165) is 20.4 Å². The number of benzene rings is 1. The lowest BCUT2D eigenvalue weighted by molar-refractivity contribution is 0.602. The highest BCUT2D eigenvalue weighted by atomic mass is 79.9. The molecule has 1 aromatic carbocycles. The molecule has 0 saturated heterocycles. The normalized spacial score (nSPS) is 12.7. The summed E-state index contributed by atoms with van der Waals surface area (Å²) in [7, 11) is 0. The quantitative estimate of drug-likeness (QED) is 0.714. The van der Waals surface area contributed by atoms with Crippen LogP contribution < -0.4 is 5.32 Å². The van der Waals surface area contributed by atoms with Crippen molar-refractivity contribution in [2.45, 2.75) is 19.9 Å². The van der Waals surface area contributed by atoms with E-state index in [1.807, 2.05) is 6.07 Å². The lowest BCUT2D eigenvalue weighted by Gasteiger charge is -2.19. The maximum Gasteiger partial charge on any atom is 0.124 e. The maximum atomic E-state index is 13.6. The SMILES string of the molecule is CCNC(c1cc(F)cc(Br)c1)c1cc(Br)sc1C. The molecule has 1 nitrogen and oxygen atoms in total. The number of nitrogens with one attached hydrogen (secondary N) is 1. The van der Waals surface area contributed by atoms with Crippen LogP contribution >= 0.6 is 43.2 Å². The molecule has 0 aliphatic carbocycles. The molecule has 0 bridgehead atoms. The van der Waals surface area contributed by atoms with E-state index < -0.39 is 0 Å². The predicted molar refractivity (Wildman–Crippen MR) is 86.4 cm³/mol. The summed E-state index contributed by atoms with van der Waals surface area (Å²) in [4.78, 5) is 1.23. The highest BCUT2D eigenvalue weighted by Crippen LogP contribution is 2.34. The Bertz CT molecular complexity index is 563. The van der Waals surface area contributed by atoms with Crippen molar-refractivity contribution in [3.05, 3.63) is 54.3 Å². The van der Waals surface area contributed by atoms with Gasteiger partial charge < -0.3 is 5.32 Å². The zero-order valence-corrected chi connectivity index (χ0v) is 14.6. The van der Waals surface area contributed by atoms with E-state index in [1.54, 1.807) is 17.4 Å². The van der Waals surface area contributed by atoms with Gasteiger partial charge in [0.05, 0.1) is 9.83 Å². The average molecular weight is 407 g/mol. The standard InChI is InChI=1S/C14H14Br2FNS/c1-3-18-14(12-7-13(16)19-8(12)2)9-4-10(15)6-11(17)5-9/h4-7,14,18H,3H2,1-2H3. The second-order valence-electron chi connectivity index (χ2n) is 4.26. The van der Waals surface area contributed by atoms with Gasteiger partial charge in [-0.1, -0.05) is 22.9 Å². The fourth-order valence-corrected chi connectivity index (χ4v) is 4.33. The van der Waals surface area contributed by atoms with Crippen LogP contribution in [0.25, 0.3) is 0 Å². The number of hydrogen-bond donors (Lipinski definition) is 1. The largest absolute Gasteiger partial charge is 0.306 e. The summed E-state index contributed by atoms with van der Waals surface area (Å²) < 4.78 is 15.4. The number of rotatable bonds is 4. The van der Waals surface area contributed by atoms with Crippen LogP contribution in [0, 0.1) is 12.7 Å². The molecule has 0 fully saturated rings. The average Bonchev–Trinajstić information content (AvgIpc) is 2.64. The van der Waals surface area contributed by atoms with Gasteiger partial charge in [-0.15, -0.1) is 11.3 Å². The Morgan fingerprint density at radius 3 is 2.53 bits per heavy atom. The van der Waals surface area contributed by atoms with Crippen molar-refractivity contribution in [3.63, 3.8) is 0 Å². The van der Waals surface area contributed by atoms with Crippen LogP contribution in [0.3, 0.4) is 0 Å². The minimum Gasteiger partial charge on any atom is -0.306 e. The zero-order chi connectivity index (χ0) is 14.0.